The number of hydrogen-bond acceptors (Lipinski definition) is 4. The third-order valence-electron chi connectivity index (χ3n) is 2.75. The van der Waals surface area contributed by atoms with Crippen LogP contribution in [-0.2, 0) is 4.79 Å². The zero-order chi connectivity index (χ0) is 13.6. The lowest BCUT2D eigenvalue weighted by atomic mass is 10.4. The summed E-state index contributed by atoms with van der Waals surface area (Å²) in [5, 5.41) is 0. The van der Waals surface area contributed by atoms with Gasteiger partial charge in [0.25, 0.3) is 0 Å². The van der Waals surface area contributed by atoms with Crippen molar-refractivity contribution in [1.82, 2.24) is 4.90 Å². The van der Waals surface area contributed by atoms with Gasteiger partial charge in [-0.05, 0) is 44.6 Å². The number of halogens is 3. The summed E-state index contributed by atoms with van der Waals surface area (Å²) >= 11 is 0.880. The van der Waals surface area contributed by atoms with E-state index in [2.05, 4.69) is 4.90 Å². The van der Waals surface area contributed by atoms with Gasteiger partial charge >= 0.3 is 6.18 Å². The van der Waals surface area contributed by atoms with Crippen LogP contribution in [0.15, 0.2) is 10.6 Å². The van der Waals surface area contributed by atoms with E-state index in [1.165, 1.54) is 12.8 Å². The maximum absolute atomic E-state index is 12.3. The zero-order valence-corrected chi connectivity index (χ0v) is 10.8. The molecule has 1 rings (SSSR count). The monoisotopic (exact) mass is 282 g/mol. The van der Waals surface area contributed by atoms with Crippen molar-refractivity contribution < 1.29 is 18.0 Å². The highest BCUT2D eigenvalue weighted by Gasteiger charge is 2.34. The number of carbonyl (C=O) groups excluding carboxylic acids is 1. The first kappa shape index (κ1) is 15.4. The van der Waals surface area contributed by atoms with E-state index in [4.69, 9.17) is 5.73 Å². The van der Waals surface area contributed by atoms with Gasteiger partial charge in [-0.3, -0.25) is 4.79 Å². The summed E-state index contributed by atoms with van der Waals surface area (Å²) in [4.78, 5) is 12.4. The maximum atomic E-state index is 12.3. The number of likely N-dealkylation sites (tertiary alicyclic amines) is 1. The molecule has 3 nitrogen and oxygen atoms in total. The van der Waals surface area contributed by atoms with Crippen LogP contribution in [-0.4, -0.2) is 42.7 Å². The Hall–Kier alpha value is -0.690. The molecular formula is C11H17F3N2OS. The molecule has 104 valence electrons. The molecule has 1 aliphatic rings. The predicted octanol–water partition coefficient (Wildman–Crippen LogP) is 2.14. The normalized spacial score (nSPS) is 18.8. The van der Waals surface area contributed by atoms with Crippen LogP contribution in [0.5, 0.6) is 0 Å². The Bertz CT molecular complexity index is 312. The molecule has 1 heterocycles. The van der Waals surface area contributed by atoms with Gasteiger partial charge in [0, 0.05) is 0 Å². The largest absolute Gasteiger partial charge is 0.431 e. The van der Waals surface area contributed by atoms with Crippen LogP contribution in [0.4, 0.5) is 13.2 Å². The first-order valence-electron chi connectivity index (χ1n) is 5.82. The van der Waals surface area contributed by atoms with Crippen LogP contribution in [0.25, 0.3) is 0 Å². The number of nitrogens with zero attached hydrogens (tertiary/aromatic N) is 1. The fourth-order valence-corrected chi connectivity index (χ4v) is 2.62. The summed E-state index contributed by atoms with van der Waals surface area (Å²) in [5.74, 6) is 0.474. The summed E-state index contributed by atoms with van der Waals surface area (Å²) in [6.07, 6.45) is -1.31. The number of aldehydes is 1. The average Bonchev–Trinajstić information content (AvgIpc) is 2.80. The number of carbonyl (C=O) groups is 1. The van der Waals surface area contributed by atoms with Gasteiger partial charge in [0.1, 0.15) is 5.70 Å². The lowest BCUT2D eigenvalue weighted by Crippen LogP contribution is -2.22. The van der Waals surface area contributed by atoms with E-state index in [-0.39, 0.29) is 6.29 Å². The highest BCUT2D eigenvalue weighted by atomic mass is 32.2. The molecule has 18 heavy (non-hydrogen) atoms. The van der Waals surface area contributed by atoms with E-state index >= 15 is 0 Å². The van der Waals surface area contributed by atoms with Crippen molar-refractivity contribution in [3.05, 3.63) is 10.6 Å². The van der Waals surface area contributed by atoms with Crippen molar-refractivity contribution >= 4 is 18.0 Å². The minimum absolute atomic E-state index is 0.184. The Morgan fingerprint density at radius 3 is 2.44 bits per heavy atom. The minimum atomic E-state index is -4.63. The number of rotatable bonds is 6. The van der Waals surface area contributed by atoms with E-state index in [1.54, 1.807) is 0 Å². The standard InChI is InChI=1S/C11H17F3N2OS/c12-11(13,14)10(15)9(8-17)18-7-3-6-16-4-1-2-5-16/h8H,1-7,15H2/b10-9-. The third-order valence-corrected chi connectivity index (χ3v) is 3.87. The smallest absolute Gasteiger partial charge is 0.394 e. The Kier molecular flexibility index (Phi) is 6.01. The van der Waals surface area contributed by atoms with Crippen LogP contribution >= 0.6 is 11.8 Å². The first-order valence-corrected chi connectivity index (χ1v) is 6.81. The summed E-state index contributed by atoms with van der Waals surface area (Å²) in [6, 6.07) is 0. The molecule has 1 fully saturated rings. The summed E-state index contributed by atoms with van der Waals surface area (Å²) in [6.45, 7) is 2.99. The van der Waals surface area contributed by atoms with Crippen molar-refractivity contribution in [2.45, 2.75) is 25.4 Å². The Morgan fingerprint density at radius 2 is 1.94 bits per heavy atom. The van der Waals surface area contributed by atoms with Gasteiger partial charge in [0.05, 0.1) is 4.91 Å². The van der Waals surface area contributed by atoms with Gasteiger partial charge in [-0.15, -0.1) is 11.8 Å². The quantitative estimate of drug-likeness (QED) is 0.460. The Balaban J connectivity index is 2.33. The molecular weight excluding hydrogens is 265 g/mol. The fourth-order valence-electron chi connectivity index (χ4n) is 1.79. The topological polar surface area (TPSA) is 46.3 Å². The van der Waals surface area contributed by atoms with Gasteiger partial charge < -0.3 is 10.6 Å². The van der Waals surface area contributed by atoms with Gasteiger partial charge in [-0.25, -0.2) is 0 Å². The molecule has 0 aromatic rings. The predicted molar refractivity (Wildman–Crippen MR) is 66.1 cm³/mol. The van der Waals surface area contributed by atoms with Crippen molar-refractivity contribution in [1.29, 1.82) is 0 Å². The lowest BCUT2D eigenvalue weighted by molar-refractivity contribution is -0.107. The molecule has 0 saturated carbocycles. The van der Waals surface area contributed by atoms with E-state index in [9.17, 15) is 18.0 Å². The molecule has 0 spiro atoms. The third kappa shape index (κ3) is 4.89. The second kappa shape index (κ2) is 7.04. The van der Waals surface area contributed by atoms with Crippen LogP contribution in [0.1, 0.15) is 19.3 Å². The van der Waals surface area contributed by atoms with E-state index in [0.717, 1.165) is 37.8 Å². The van der Waals surface area contributed by atoms with E-state index < -0.39 is 16.8 Å². The summed E-state index contributed by atoms with van der Waals surface area (Å²) in [5.41, 5.74) is 3.61. The molecule has 0 aromatic heterocycles. The molecule has 0 unspecified atom stereocenters. The molecule has 1 aliphatic heterocycles. The van der Waals surface area contributed by atoms with Crippen LogP contribution in [0.2, 0.25) is 0 Å². The van der Waals surface area contributed by atoms with Crippen molar-refractivity contribution in [2.75, 3.05) is 25.4 Å². The molecule has 7 heteroatoms. The Labute approximate surface area is 109 Å². The molecule has 0 aromatic carbocycles. The maximum Gasteiger partial charge on any atom is 0.431 e. The highest BCUT2D eigenvalue weighted by molar-refractivity contribution is 8.03. The SMILES string of the molecule is N/C(=C(/C=O)SCCCN1CCCC1)C(F)(F)F. The molecule has 2 N–H and O–H groups in total. The second-order valence-corrected chi connectivity index (χ2v) is 5.28. The minimum Gasteiger partial charge on any atom is -0.394 e. The average molecular weight is 282 g/mol. The molecule has 0 radical (unpaired) electrons. The van der Waals surface area contributed by atoms with Crippen molar-refractivity contribution in [3.63, 3.8) is 0 Å². The fraction of sp³-hybridized carbons (Fsp3) is 0.727. The van der Waals surface area contributed by atoms with Crippen LogP contribution in [0, 0.1) is 0 Å². The van der Waals surface area contributed by atoms with Crippen LogP contribution < -0.4 is 5.73 Å². The Morgan fingerprint density at radius 1 is 1.33 bits per heavy atom. The zero-order valence-electron chi connectivity index (χ0n) is 10.0. The first-order chi connectivity index (χ1) is 8.45. The summed E-state index contributed by atoms with van der Waals surface area (Å²) in [7, 11) is 0. The van der Waals surface area contributed by atoms with E-state index in [0.29, 0.717) is 5.75 Å². The molecule has 1 saturated heterocycles. The van der Waals surface area contributed by atoms with Gasteiger partial charge in [-0.1, -0.05) is 0 Å². The summed E-state index contributed by atoms with van der Waals surface area (Å²) < 4.78 is 36.8. The van der Waals surface area contributed by atoms with Crippen molar-refractivity contribution in [2.24, 2.45) is 5.73 Å². The highest BCUT2D eigenvalue weighted by Crippen LogP contribution is 2.28. The van der Waals surface area contributed by atoms with E-state index in [1.807, 2.05) is 0 Å². The second-order valence-electron chi connectivity index (χ2n) is 4.14. The van der Waals surface area contributed by atoms with Crippen molar-refractivity contribution in [3.8, 4) is 0 Å². The molecule has 0 bridgehead atoms. The van der Waals surface area contributed by atoms with Gasteiger partial charge in [0.15, 0.2) is 6.29 Å². The number of hydrogen-bond donors (Lipinski definition) is 1. The van der Waals surface area contributed by atoms with Crippen LogP contribution in [0.3, 0.4) is 0 Å². The molecule has 0 amide bonds. The number of thioether (sulfide) groups is 1. The number of allylic oxidation sites excluding steroid dienone is 2. The molecule has 0 atom stereocenters. The number of alkyl halides is 3. The molecule has 0 aliphatic carbocycles. The van der Waals surface area contributed by atoms with Gasteiger partial charge in [-0.2, -0.15) is 13.2 Å². The van der Waals surface area contributed by atoms with Gasteiger partial charge in [0.2, 0.25) is 0 Å². The number of nitrogens with two attached hydrogens (primary N) is 1. The lowest BCUT2D eigenvalue weighted by Gasteiger charge is -2.14.